The Balaban J connectivity index is 1.88. The van der Waals surface area contributed by atoms with Crippen molar-refractivity contribution >= 4 is 12.0 Å². The number of carbonyl (C=O) groups is 1. The summed E-state index contributed by atoms with van der Waals surface area (Å²) in [7, 11) is 3.31. The van der Waals surface area contributed by atoms with Crippen LogP contribution in [0.25, 0.3) is 6.08 Å². The van der Waals surface area contributed by atoms with Crippen LogP contribution in [-0.4, -0.2) is 41.7 Å². The molecule has 0 saturated heterocycles. The van der Waals surface area contributed by atoms with Crippen molar-refractivity contribution in [3.63, 3.8) is 0 Å². The Kier molecular flexibility index (Phi) is 5.85. The molecule has 6 heteroatoms. The number of methoxy groups -OCH3 is 1. The van der Waals surface area contributed by atoms with E-state index in [4.69, 9.17) is 9.26 Å². The van der Waals surface area contributed by atoms with Gasteiger partial charge in [-0.15, -0.1) is 0 Å². The summed E-state index contributed by atoms with van der Waals surface area (Å²) < 4.78 is 10.1. The van der Waals surface area contributed by atoms with Crippen LogP contribution in [-0.2, 0) is 22.5 Å². The zero-order valence-electron chi connectivity index (χ0n) is 12.7. The fraction of sp³-hybridized carbons (Fsp3) is 0.312. The SMILES string of the molecule is COCCc1noc(CN(C)C(=O)/C=C/c2ccccc2)n1. The summed E-state index contributed by atoms with van der Waals surface area (Å²) in [4.78, 5) is 17.8. The van der Waals surface area contributed by atoms with Gasteiger partial charge in [-0.05, 0) is 11.6 Å². The highest BCUT2D eigenvalue weighted by Crippen LogP contribution is 2.05. The lowest BCUT2D eigenvalue weighted by Gasteiger charge is -2.11. The van der Waals surface area contributed by atoms with E-state index in [2.05, 4.69) is 10.1 Å². The minimum absolute atomic E-state index is 0.125. The van der Waals surface area contributed by atoms with E-state index in [1.807, 2.05) is 30.3 Å². The third kappa shape index (κ3) is 4.82. The topological polar surface area (TPSA) is 68.5 Å². The van der Waals surface area contributed by atoms with Crippen LogP contribution in [0.2, 0.25) is 0 Å². The standard InChI is InChI=1S/C16H19N3O3/c1-19(12-15-17-14(18-22-15)10-11-21-2)16(20)9-8-13-6-4-3-5-7-13/h3-9H,10-12H2,1-2H3/b9-8+. The van der Waals surface area contributed by atoms with Crippen molar-refractivity contribution in [2.24, 2.45) is 0 Å². The quantitative estimate of drug-likeness (QED) is 0.731. The summed E-state index contributed by atoms with van der Waals surface area (Å²) in [5.41, 5.74) is 0.976. The Hall–Kier alpha value is -2.47. The molecule has 2 aromatic rings. The fourth-order valence-corrected chi connectivity index (χ4v) is 1.79. The van der Waals surface area contributed by atoms with Crippen LogP contribution in [0.1, 0.15) is 17.3 Å². The zero-order chi connectivity index (χ0) is 15.8. The van der Waals surface area contributed by atoms with Crippen molar-refractivity contribution in [2.45, 2.75) is 13.0 Å². The van der Waals surface area contributed by atoms with Crippen LogP contribution >= 0.6 is 0 Å². The van der Waals surface area contributed by atoms with Gasteiger partial charge in [0, 0.05) is 26.7 Å². The molecule has 1 aromatic carbocycles. The molecule has 2 rings (SSSR count). The lowest BCUT2D eigenvalue weighted by molar-refractivity contribution is -0.125. The summed E-state index contributed by atoms with van der Waals surface area (Å²) in [6.07, 6.45) is 3.89. The molecule has 0 radical (unpaired) electrons. The van der Waals surface area contributed by atoms with Crippen LogP contribution in [0.4, 0.5) is 0 Å². The third-order valence-corrected chi connectivity index (χ3v) is 3.01. The molecule has 0 aliphatic rings. The first-order valence-electron chi connectivity index (χ1n) is 6.97. The van der Waals surface area contributed by atoms with E-state index >= 15 is 0 Å². The van der Waals surface area contributed by atoms with Crippen LogP contribution < -0.4 is 0 Å². The molecule has 0 aliphatic heterocycles. The Labute approximate surface area is 129 Å². The number of nitrogens with zero attached hydrogens (tertiary/aromatic N) is 3. The monoisotopic (exact) mass is 301 g/mol. The Morgan fingerprint density at radius 1 is 1.36 bits per heavy atom. The second kappa shape index (κ2) is 8.09. The van der Waals surface area contributed by atoms with Gasteiger partial charge in [-0.3, -0.25) is 4.79 Å². The number of amides is 1. The average Bonchev–Trinajstić information content (AvgIpc) is 2.99. The van der Waals surface area contributed by atoms with E-state index < -0.39 is 0 Å². The van der Waals surface area contributed by atoms with E-state index in [0.717, 1.165) is 5.56 Å². The number of rotatable bonds is 7. The molecule has 0 N–H and O–H groups in total. The van der Waals surface area contributed by atoms with E-state index in [-0.39, 0.29) is 12.5 Å². The summed E-state index contributed by atoms with van der Waals surface area (Å²) in [5.74, 6) is 0.869. The normalized spacial score (nSPS) is 11.0. The van der Waals surface area contributed by atoms with Gasteiger partial charge in [0.15, 0.2) is 5.82 Å². The Morgan fingerprint density at radius 2 is 2.14 bits per heavy atom. The van der Waals surface area contributed by atoms with Gasteiger partial charge >= 0.3 is 0 Å². The maximum absolute atomic E-state index is 12.0. The van der Waals surface area contributed by atoms with Gasteiger partial charge in [-0.2, -0.15) is 4.98 Å². The molecule has 6 nitrogen and oxygen atoms in total. The highest BCUT2D eigenvalue weighted by atomic mass is 16.5. The lowest BCUT2D eigenvalue weighted by atomic mass is 10.2. The highest BCUT2D eigenvalue weighted by molar-refractivity contribution is 5.91. The first-order chi connectivity index (χ1) is 10.7. The third-order valence-electron chi connectivity index (χ3n) is 3.01. The van der Waals surface area contributed by atoms with Crippen molar-refractivity contribution in [3.8, 4) is 0 Å². The van der Waals surface area contributed by atoms with Gasteiger partial charge in [-0.25, -0.2) is 0 Å². The summed E-state index contributed by atoms with van der Waals surface area (Å²) in [6.45, 7) is 0.811. The summed E-state index contributed by atoms with van der Waals surface area (Å²) >= 11 is 0. The molecular weight excluding hydrogens is 282 g/mol. The van der Waals surface area contributed by atoms with Crippen molar-refractivity contribution in [1.82, 2.24) is 15.0 Å². The largest absolute Gasteiger partial charge is 0.384 e. The fourth-order valence-electron chi connectivity index (χ4n) is 1.79. The number of carbonyl (C=O) groups excluding carboxylic acids is 1. The van der Waals surface area contributed by atoms with Gasteiger partial charge in [0.05, 0.1) is 13.2 Å². The summed E-state index contributed by atoms with van der Waals surface area (Å²) in [6, 6.07) is 9.65. The van der Waals surface area contributed by atoms with Crippen LogP contribution in [0, 0.1) is 0 Å². The molecule has 0 fully saturated rings. The zero-order valence-corrected chi connectivity index (χ0v) is 12.7. The molecule has 0 unspecified atom stereocenters. The maximum atomic E-state index is 12.0. The molecule has 1 heterocycles. The number of benzene rings is 1. The van der Waals surface area contributed by atoms with Crippen LogP contribution in [0.15, 0.2) is 40.9 Å². The minimum atomic E-state index is -0.125. The van der Waals surface area contributed by atoms with Gasteiger partial charge in [0.2, 0.25) is 11.8 Å². The number of hydrogen-bond donors (Lipinski definition) is 0. The lowest BCUT2D eigenvalue weighted by Crippen LogP contribution is -2.24. The molecular formula is C16H19N3O3. The van der Waals surface area contributed by atoms with Gasteiger partial charge in [-0.1, -0.05) is 35.5 Å². The molecule has 0 atom stereocenters. The molecule has 1 amide bonds. The van der Waals surface area contributed by atoms with Gasteiger partial charge in [0.25, 0.3) is 0 Å². The predicted molar refractivity (Wildman–Crippen MR) is 81.8 cm³/mol. The van der Waals surface area contributed by atoms with E-state index in [9.17, 15) is 4.79 Å². The maximum Gasteiger partial charge on any atom is 0.246 e. The molecule has 116 valence electrons. The van der Waals surface area contributed by atoms with E-state index in [1.54, 1.807) is 20.2 Å². The van der Waals surface area contributed by atoms with E-state index in [0.29, 0.717) is 24.7 Å². The van der Waals surface area contributed by atoms with Crippen molar-refractivity contribution in [3.05, 3.63) is 53.7 Å². The second-order valence-electron chi connectivity index (χ2n) is 4.79. The minimum Gasteiger partial charge on any atom is -0.384 e. The van der Waals surface area contributed by atoms with Gasteiger partial charge < -0.3 is 14.2 Å². The number of hydrogen-bond acceptors (Lipinski definition) is 5. The first kappa shape index (κ1) is 15.9. The average molecular weight is 301 g/mol. The van der Waals surface area contributed by atoms with Crippen molar-refractivity contribution in [2.75, 3.05) is 20.8 Å². The van der Waals surface area contributed by atoms with Crippen molar-refractivity contribution in [1.29, 1.82) is 0 Å². The second-order valence-corrected chi connectivity index (χ2v) is 4.79. The Morgan fingerprint density at radius 3 is 2.86 bits per heavy atom. The smallest absolute Gasteiger partial charge is 0.246 e. The predicted octanol–water partition coefficient (Wildman–Crippen LogP) is 1.93. The number of aromatic nitrogens is 2. The molecule has 0 aliphatic carbocycles. The first-order valence-corrected chi connectivity index (χ1v) is 6.97. The van der Waals surface area contributed by atoms with Crippen LogP contribution in [0.5, 0.6) is 0 Å². The number of ether oxygens (including phenoxy) is 1. The highest BCUT2D eigenvalue weighted by Gasteiger charge is 2.11. The molecule has 0 spiro atoms. The number of likely N-dealkylation sites (N-methyl/N-ethyl adjacent to an activating group) is 1. The molecule has 0 saturated carbocycles. The summed E-state index contributed by atoms with van der Waals surface area (Å²) in [5, 5.41) is 3.84. The van der Waals surface area contributed by atoms with Gasteiger partial charge in [0.1, 0.15) is 0 Å². The molecule has 1 aromatic heterocycles. The Bertz CT molecular complexity index is 623. The van der Waals surface area contributed by atoms with E-state index in [1.165, 1.54) is 11.0 Å². The van der Waals surface area contributed by atoms with Crippen LogP contribution in [0.3, 0.4) is 0 Å². The molecule has 22 heavy (non-hydrogen) atoms. The molecule has 0 bridgehead atoms. The van der Waals surface area contributed by atoms with Crippen molar-refractivity contribution < 1.29 is 14.1 Å².